The Bertz CT molecular complexity index is 1200. The molecular weight excluding hydrogens is 498 g/mol. The number of β-amino-alcohol motifs (C(OH)–C–C–N with tert-alkyl or cyclic N) is 1. The van der Waals surface area contributed by atoms with E-state index in [1.807, 2.05) is 72.8 Å². The summed E-state index contributed by atoms with van der Waals surface area (Å²) in [7, 11) is 1.65. The number of benzene rings is 3. The normalized spacial score (nSPS) is 18.9. The zero-order valence-electron chi connectivity index (χ0n) is 21.7. The molecule has 1 saturated heterocycles. The number of nitrogens with one attached hydrogen (secondary N) is 1. The Morgan fingerprint density at radius 2 is 1.63 bits per heavy atom. The fourth-order valence-electron chi connectivity index (χ4n) is 4.86. The minimum Gasteiger partial charge on any atom is -0.497 e. The number of aliphatic hydroxyl groups excluding tert-OH is 1. The van der Waals surface area contributed by atoms with Crippen molar-refractivity contribution < 1.29 is 19.4 Å². The van der Waals surface area contributed by atoms with Crippen LogP contribution < -0.4 is 14.8 Å². The van der Waals surface area contributed by atoms with Gasteiger partial charge in [-0.05, 0) is 53.9 Å². The third-order valence-electron chi connectivity index (χ3n) is 7.09. The lowest BCUT2D eigenvalue weighted by atomic mass is 10.1. The molecule has 0 radical (unpaired) electrons. The number of hydrogen-bond acceptors (Lipinski definition) is 7. The molecule has 0 saturated carbocycles. The number of ether oxygens (including phenoxy) is 2. The average molecular weight is 534 g/mol. The quantitative estimate of drug-likeness (QED) is 0.369. The van der Waals surface area contributed by atoms with Crippen molar-refractivity contribution >= 4 is 23.4 Å². The Balaban J connectivity index is 1.00. The number of nitrogens with zero attached hydrogens (tertiary/aromatic N) is 2. The van der Waals surface area contributed by atoms with E-state index in [0.717, 1.165) is 72.4 Å². The van der Waals surface area contributed by atoms with Crippen LogP contribution >= 0.6 is 11.8 Å². The van der Waals surface area contributed by atoms with E-state index in [-0.39, 0.29) is 11.2 Å². The van der Waals surface area contributed by atoms with Crippen molar-refractivity contribution in [2.24, 2.45) is 0 Å². The first-order valence-electron chi connectivity index (χ1n) is 13.1. The summed E-state index contributed by atoms with van der Waals surface area (Å²) in [4.78, 5) is 18.4. The molecule has 0 spiro atoms. The monoisotopic (exact) mass is 533 g/mol. The van der Waals surface area contributed by atoms with Crippen LogP contribution in [0.1, 0.15) is 28.9 Å². The number of aliphatic hydroxyl groups is 1. The number of carbonyl (C=O) groups excluding carboxylic acids is 1. The minimum atomic E-state index is -0.492. The van der Waals surface area contributed by atoms with Crippen LogP contribution in [-0.2, 0) is 4.79 Å². The molecule has 2 aliphatic rings. The zero-order chi connectivity index (χ0) is 26.3. The van der Waals surface area contributed by atoms with Crippen molar-refractivity contribution in [1.29, 1.82) is 0 Å². The first kappa shape index (κ1) is 26.6. The maximum Gasteiger partial charge on any atom is 0.242 e. The Morgan fingerprint density at radius 3 is 2.37 bits per heavy atom. The summed E-state index contributed by atoms with van der Waals surface area (Å²) in [6.07, 6.45) is 0.461. The summed E-state index contributed by atoms with van der Waals surface area (Å²) < 4.78 is 11.2. The van der Waals surface area contributed by atoms with E-state index in [9.17, 15) is 9.90 Å². The molecule has 0 aliphatic carbocycles. The number of para-hydroxylation sites is 1. The molecule has 1 amide bonds. The summed E-state index contributed by atoms with van der Waals surface area (Å²) in [5, 5.41) is 13.3. The van der Waals surface area contributed by atoms with E-state index in [4.69, 9.17) is 9.47 Å². The van der Waals surface area contributed by atoms with Gasteiger partial charge in [-0.3, -0.25) is 9.69 Å². The fourth-order valence-corrected chi connectivity index (χ4v) is 5.98. The molecular formula is C30H35N3O4S. The predicted molar refractivity (Wildman–Crippen MR) is 151 cm³/mol. The van der Waals surface area contributed by atoms with Crippen LogP contribution in [0, 0.1) is 0 Å². The van der Waals surface area contributed by atoms with E-state index in [1.165, 1.54) is 0 Å². The maximum absolute atomic E-state index is 12.6. The summed E-state index contributed by atoms with van der Waals surface area (Å²) in [6, 6.07) is 23.4. The smallest absolute Gasteiger partial charge is 0.242 e. The van der Waals surface area contributed by atoms with E-state index >= 15 is 0 Å². The molecule has 7 nitrogen and oxygen atoms in total. The summed E-state index contributed by atoms with van der Waals surface area (Å²) in [5.41, 5.74) is 2.78. The lowest BCUT2D eigenvalue weighted by molar-refractivity contribution is -0.115. The van der Waals surface area contributed by atoms with Gasteiger partial charge in [0.2, 0.25) is 5.91 Å². The number of anilines is 1. The molecule has 0 bridgehead atoms. The Hall–Kier alpha value is -3.04. The van der Waals surface area contributed by atoms with Crippen LogP contribution in [0.3, 0.4) is 0 Å². The molecule has 2 heterocycles. The second kappa shape index (κ2) is 12.7. The Labute approximate surface area is 228 Å². The van der Waals surface area contributed by atoms with Gasteiger partial charge in [0.1, 0.15) is 16.7 Å². The average Bonchev–Trinajstić information content (AvgIpc) is 2.96. The molecule has 2 N–H and O–H groups in total. The van der Waals surface area contributed by atoms with Crippen LogP contribution in [0.25, 0.3) is 0 Å². The van der Waals surface area contributed by atoms with Crippen molar-refractivity contribution in [3.05, 3.63) is 83.9 Å². The number of thioether (sulfide) groups is 1. The van der Waals surface area contributed by atoms with Gasteiger partial charge in [0.15, 0.2) is 0 Å². The minimum absolute atomic E-state index is 0.0118. The van der Waals surface area contributed by atoms with Crippen LogP contribution in [0.4, 0.5) is 5.69 Å². The lowest BCUT2D eigenvalue weighted by Crippen LogP contribution is -2.47. The molecule has 2 unspecified atom stereocenters. The van der Waals surface area contributed by atoms with Gasteiger partial charge in [0.05, 0.1) is 25.5 Å². The van der Waals surface area contributed by atoms with Gasteiger partial charge < -0.3 is 24.8 Å². The third kappa shape index (κ3) is 6.69. The maximum atomic E-state index is 12.6. The number of amides is 1. The van der Waals surface area contributed by atoms with Gasteiger partial charge in [0, 0.05) is 44.2 Å². The largest absolute Gasteiger partial charge is 0.497 e. The highest BCUT2D eigenvalue weighted by Gasteiger charge is 2.28. The third-order valence-corrected chi connectivity index (χ3v) is 8.43. The van der Waals surface area contributed by atoms with Crippen molar-refractivity contribution in [2.45, 2.75) is 22.7 Å². The van der Waals surface area contributed by atoms with E-state index < -0.39 is 6.10 Å². The number of hydrogen-bond donors (Lipinski definition) is 2. The number of rotatable bonds is 10. The van der Waals surface area contributed by atoms with Crippen molar-refractivity contribution in [3.63, 3.8) is 0 Å². The number of carbonyl (C=O) groups is 1. The zero-order valence-corrected chi connectivity index (χ0v) is 22.5. The molecule has 8 heteroatoms. The summed E-state index contributed by atoms with van der Waals surface area (Å²) in [5.74, 6) is 1.64. The van der Waals surface area contributed by atoms with E-state index in [1.54, 1.807) is 18.9 Å². The Kier molecular flexibility index (Phi) is 8.86. The number of fused-ring (bicyclic) bond motifs is 1. The van der Waals surface area contributed by atoms with E-state index in [0.29, 0.717) is 13.2 Å². The number of piperazine rings is 1. The van der Waals surface area contributed by atoms with Gasteiger partial charge >= 0.3 is 0 Å². The Morgan fingerprint density at radius 1 is 0.947 bits per heavy atom. The van der Waals surface area contributed by atoms with Crippen molar-refractivity contribution in [1.82, 2.24) is 9.80 Å². The van der Waals surface area contributed by atoms with E-state index in [2.05, 4.69) is 15.1 Å². The van der Waals surface area contributed by atoms with Gasteiger partial charge in [-0.2, -0.15) is 0 Å². The highest BCUT2D eigenvalue weighted by Crippen LogP contribution is 2.43. The predicted octanol–water partition coefficient (Wildman–Crippen LogP) is 4.60. The highest BCUT2D eigenvalue weighted by molar-refractivity contribution is 8.00. The van der Waals surface area contributed by atoms with Crippen LogP contribution in [0.15, 0.2) is 77.7 Å². The number of methoxy groups -OCH3 is 1. The SMILES string of the molecule is COc1ccc(C(O)CN2CCN(CCCOc3ccc(C4Sc5ccccc5NC4=O)cc3)CC2)cc1. The van der Waals surface area contributed by atoms with Crippen molar-refractivity contribution in [3.8, 4) is 11.5 Å². The molecule has 3 aromatic rings. The van der Waals surface area contributed by atoms with Crippen LogP contribution in [0.2, 0.25) is 0 Å². The summed E-state index contributed by atoms with van der Waals surface area (Å²) in [6.45, 7) is 6.18. The van der Waals surface area contributed by atoms with Gasteiger partial charge in [0.25, 0.3) is 0 Å². The molecule has 0 aromatic heterocycles. The van der Waals surface area contributed by atoms with Gasteiger partial charge in [-0.15, -0.1) is 11.8 Å². The first-order valence-corrected chi connectivity index (χ1v) is 14.0. The second-order valence-electron chi connectivity index (χ2n) is 9.69. The standard InChI is InChI=1S/C30H35N3O4S/c1-36-24-11-7-22(8-12-24)27(34)21-33-18-16-32(17-19-33)15-4-20-37-25-13-9-23(10-14-25)29-30(35)31-26-5-2-3-6-28(26)38-29/h2-3,5-14,27,29,34H,4,15-21H2,1H3,(H,31,35). The molecule has 3 aromatic carbocycles. The molecule has 200 valence electrons. The van der Waals surface area contributed by atoms with Crippen LogP contribution in [0.5, 0.6) is 11.5 Å². The molecule has 5 rings (SSSR count). The lowest BCUT2D eigenvalue weighted by Gasteiger charge is -2.35. The van der Waals surface area contributed by atoms with Gasteiger partial charge in [-0.1, -0.05) is 36.4 Å². The molecule has 38 heavy (non-hydrogen) atoms. The summed E-state index contributed by atoms with van der Waals surface area (Å²) >= 11 is 1.58. The van der Waals surface area contributed by atoms with Crippen LogP contribution in [-0.4, -0.2) is 73.8 Å². The van der Waals surface area contributed by atoms with Gasteiger partial charge in [-0.25, -0.2) is 0 Å². The highest BCUT2D eigenvalue weighted by atomic mass is 32.2. The molecule has 2 atom stereocenters. The topological polar surface area (TPSA) is 74.3 Å². The molecule has 1 fully saturated rings. The molecule has 2 aliphatic heterocycles. The second-order valence-corrected chi connectivity index (χ2v) is 10.8. The van der Waals surface area contributed by atoms with Crippen molar-refractivity contribution in [2.75, 3.05) is 58.3 Å². The fraction of sp³-hybridized carbons (Fsp3) is 0.367. The first-order chi connectivity index (χ1) is 18.6.